The number of carbonyl (C=O) groups excluding carboxylic acids is 4. The minimum atomic E-state index is -0.358. The predicted molar refractivity (Wildman–Crippen MR) is 65.9 cm³/mol. The zero-order valence-electron chi connectivity index (χ0n) is 11.2. The molecule has 3 amide bonds. The Labute approximate surface area is 111 Å². The molecular weight excluding hydrogens is 248 g/mol. The van der Waals surface area contributed by atoms with E-state index in [0.717, 1.165) is 4.90 Å². The molecule has 2 aliphatic rings. The van der Waals surface area contributed by atoms with Crippen LogP contribution in [-0.4, -0.2) is 52.9 Å². The zero-order chi connectivity index (χ0) is 14.2. The highest BCUT2D eigenvalue weighted by atomic mass is 16.2. The predicted octanol–water partition coefficient (Wildman–Crippen LogP) is -0.181. The van der Waals surface area contributed by atoms with Gasteiger partial charge in [0, 0.05) is 37.8 Å². The average molecular weight is 266 g/mol. The van der Waals surface area contributed by atoms with Gasteiger partial charge in [0.05, 0.1) is 0 Å². The molecule has 0 N–H and O–H groups in total. The Morgan fingerprint density at radius 3 is 2.00 bits per heavy atom. The number of hydrogen-bond acceptors (Lipinski definition) is 4. The van der Waals surface area contributed by atoms with Crippen LogP contribution >= 0.6 is 0 Å². The van der Waals surface area contributed by atoms with Crippen molar-refractivity contribution in [1.82, 2.24) is 9.80 Å². The van der Waals surface area contributed by atoms with Gasteiger partial charge < -0.3 is 4.90 Å². The fraction of sp³-hybridized carbons (Fsp3) is 0.692. The van der Waals surface area contributed by atoms with Gasteiger partial charge in [-0.25, -0.2) is 0 Å². The van der Waals surface area contributed by atoms with Gasteiger partial charge in [0.2, 0.25) is 17.7 Å². The smallest absolute Gasteiger partial charge is 0.242 e. The van der Waals surface area contributed by atoms with Gasteiger partial charge in [-0.2, -0.15) is 0 Å². The Bertz CT molecular complexity index is 416. The number of imide groups is 1. The van der Waals surface area contributed by atoms with Gasteiger partial charge >= 0.3 is 0 Å². The molecule has 0 bridgehead atoms. The Kier molecular flexibility index (Phi) is 3.68. The molecule has 6 nitrogen and oxygen atoms in total. The molecule has 0 radical (unpaired) electrons. The second-order valence-corrected chi connectivity index (χ2v) is 5.26. The SMILES string of the molecule is CC1C(=O)N(CC(=O)N2CCC(=O)CC2)C(=O)C1C. The number of likely N-dealkylation sites (tertiary alicyclic amines) is 2. The van der Waals surface area contributed by atoms with Crippen LogP contribution in [0.15, 0.2) is 0 Å². The van der Waals surface area contributed by atoms with Gasteiger partial charge in [0.1, 0.15) is 12.3 Å². The Morgan fingerprint density at radius 2 is 1.53 bits per heavy atom. The number of carbonyl (C=O) groups is 4. The van der Waals surface area contributed by atoms with E-state index >= 15 is 0 Å². The van der Waals surface area contributed by atoms with Crippen LogP contribution in [0.1, 0.15) is 26.7 Å². The molecule has 2 fully saturated rings. The van der Waals surface area contributed by atoms with Gasteiger partial charge in [-0.15, -0.1) is 0 Å². The third kappa shape index (κ3) is 2.52. The maximum atomic E-state index is 12.0. The lowest BCUT2D eigenvalue weighted by Crippen LogP contribution is -2.46. The van der Waals surface area contributed by atoms with E-state index in [1.54, 1.807) is 18.7 Å². The molecule has 0 aromatic carbocycles. The van der Waals surface area contributed by atoms with E-state index in [2.05, 4.69) is 0 Å². The van der Waals surface area contributed by atoms with Crippen molar-refractivity contribution in [2.24, 2.45) is 11.8 Å². The number of amides is 3. The third-order valence-electron chi connectivity index (χ3n) is 4.03. The van der Waals surface area contributed by atoms with E-state index in [1.165, 1.54) is 0 Å². The number of rotatable bonds is 2. The summed E-state index contributed by atoms with van der Waals surface area (Å²) in [5.41, 5.74) is 0. The van der Waals surface area contributed by atoms with Crippen LogP contribution in [0.4, 0.5) is 0 Å². The molecule has 2 unspecified atom stereocenters. The van der Waals surface area contributed by atoms with Crippen molar-refractivity contribution in [3.8, 4) is 0 Å². The summed E-state index contributed by atoms with van der Waals surface area (Å²) < 4.78 is 0. The maximum absolute atomic E-state index is 12.0. The summed E-state index contributed by atoms with van der Waals surface area (Å²) in [6, 6.07) is 0. The molecule has 2 heterocycles. The number of hydrogen-bond donors (Lipinski definition) is 0. The molecule has 0 aromatic rings. The first-order valence-corrected chi connectivity index (χ1v) is 6.56. The highest BCUT2D eigenvalue weighted by Crippen LogP contribution is 2.25. The highest BCUT2D eigenvalue weighted by molar-refractivity contribution is 6.07. The lowest BCUT2D eigenvalue weighted by molar-refractivity contribution is -0.147. The molecule has 2 saturated heterocycles. The minimum absolute atomic E-state index is 0.152. The Hall–Kier alpha value is -1.72. The van der Waals surface area contributed by atoms with Crippen molar-refractivity contribution in [2.45, 2.75) is 26.7 Å². The van der Waals surface area contributed by atoms with Crippen LogP contribution < -0.4 is 0 Å². The second kappa shape index (κ2) is 5.11. The molecule has 6 heteroatoms. The van der Waals surface area contributed by atoms with Crippen molar-refractivity contribution in [1.29, 1.82) is 0 Å². The van der Waals surface area contributed by atoms with Crippen molar-refractivity contribution in [2.75, 3.05) is 19.6 Å². The summed E-state index contributed by atoms with van der Waals surface area (Å²) in [6.45, 7) is 3.99. The number of piperidine rings is 1. The summed E-state index contributed by atoms with van der Waals surface area (Å²) in [4.78, 5) is 49.5. The Balaban J connectivity index is 1.97. The zero-order valence-corrected chi connectivity index (χ0v) is 11.2. The number of ketones is 1. The lowest BCUT2D eigenvalue weighted by Gasteiger charge is -2.27. The van der Waals surface area contributed by atoms with Gasteiger partial charge in [-0.1, -0.05) is 13.8 Å². The Morgan fingerprint density at radius 1 is 1.05 bits per heavy atom. The quantitative estimate of drug-likeness (QED) is 0.650. The number of Topliss-reactive ketones (excluding diaryl/α,β-unsaturated/α-hetero) is 1. The third-order valence-corrected chi connectivity index (χ3v) is 4.03. The molecular formula is C13H18N2O4. The summed E-state index contributed by atoms with van der Waals surface area (Å²) >= 11 is 0. The van der Waals surface area contributed by atoms with Gasteiger partial charge in [-0.05, 0) is 0 Å². The molecule has 2 rings (SSSR count). The summed E-state index contributed by atoms with van der Waals surface area (Å²) in [7, 11) is 0. The van der Waals surface area contributed by atoms with Gasteiger partial charge in [-0.3, -0.25) is 24.1 Å². The molecule has 0 saturated carbocycles. The van der Waals surface area contributed by atoms with Crippen molar-refractivity contribution < 1.29 is 19.2 Å². The summed E-state index contributed by atoms with van der Waals surface area (Å²) in [5, 5.41) is 0. The minimum Gasteiger partial charge on any atom is -0.340 e. The largest absolute Gasteiger partial charge is 0.340 e. The monoisotopic (exact) mass is 266 g/mol. The normalized spacial score (nSPS) is 28.2. The molecule has 2 atom stereocenters. The van der Waals surface area contributed by atoms with Crippen LogP contribution in [0.25, 0.3) is 0 Å². The van der Waals surface area contributed by atoms with E-state index in [4.69, 9.17) is 0 Å². The van der Waals surface area contributed by atoms with Crippen LogP contribution in [-0.2, 0) is 19.2 Å². The van der Waals surface area contributed by atoms with Crippen LogP contribution in [0.3, 0.4) is 0 Å². The summed E-state index contributed by atoms with van der Waals surface area (Å²) in [6.07, 6.45) is 0.723. The van der Waals surface area contributed by atoms with Crippen LogP contribution in [0, 0.1) is 11.8 Å². The van der Waals surface area contributed by atoms with Gasteiger partial charge in [0.25, 0.3) is 0 Å². The molecule has 2 aliphatic heterocycles. The van der Waals surface area contributed by atoms with E-state index in [0.29, 0.717) is 25.9 Å². The topological polar surface area (TPSA) is 74.8 Å². The molecule has 0 spiro atoms. The number of nitrogens with zero attached hydrogens (tertiary/aromatic N) is 2. The van der Waals surface area contributed by atoms with E-state index in [9.17, 15) is 19.2 Å². The average Bonchev–Trinajstić information content (AvgIpc) is 2.57. The fourth-order valence-corrected chi connectivity index (χ4v) is 2.42. The van der Waals surface area contributed by atoms with E-state index in [-0.39, 0.29) is 41.9 Å². The lowest BCUT2D eigenvalue weighted by atomic mass is 10.00. The fourth-order valence-electron chi connectivity index (χ4n) is 2.42. The van der Waals surface area contributed by atoms with E-state index < -0.39 is 0 Å². The van der Waals surface area contributed by atoms with Gasteiger partial charge in [0.15, 0.2) is 0 Å². The molecule has 0 aliphatic carbocycles. The summed E-state index contributed by atoms with van der Waals surface area (Å²) in [5.74, 6) is -1.38. The van der Waals surface area contributed by atoms with Crippen molar-refractivity contribution >= 4 is 23.5 Å². The maximum Gasteiger partial charge on any atom is 0.242 e. The first-order valence-electron chi connectivity index (χ1n) is 6.56. The first-order chi connectivity index (χ1) is 8.91. The van der Waals surface area contributed by atoms with Crippen LogP contribution in [0.5, 0.6) is 0 Å². The molecule has 0 aromatic heterocycles. The molecule has 104 valence electrons. The van der Waals surface area contributed by atoms with Crippen LogP contribution in [0.2, 0.25) is 0 Å². The first kappa shape index (κ1) is 13.7. The molecule has 19 heavy (non-hydrogen) atoms. The highest BCUT2D eigenvalue weighted by Gasteiger charge is 2.43. The van der Waals surface area contributed by atoms with Crippen molar-refractivity contribution in [3.63, 3.8) is 0 Å². The van der Waals surface area contributed by atoms with E-state index in [1.807, 2.05) is 0 Å². The standard InChI is InChI=1S/C13H18N2O4/c1-8-9(2)13(19)15(12(8)18)7-11(17)14-5-3-10(16)4-6-14/h8-9H,3-7H2,1-2H3. The second-order valence-electron chi connectivity index (χ2n) is 5.26. The van der Waals surface area contributed by atoms with Crippen molar-refractivity contribution in [3.05, 3.63) is 0 Å².